The fraction of sp³-hybridized carbons (Fsp3) is 0.366. The van der Waals surface area contributed by atoms with Crippen LogP contribution in [0.4, 0.5) is 16.3 Å². The number of nitrogens with zero attached hydrogens (tertiary/aromatic N) is 4. The van der Waals surface area contributed by atoms with Crippen molar-refractivity contribution >= 4 is 46.3 Å². The van der Waals surface area contributed by atoms with Crippen LogP contribution in [0.1, 0.15) is 67.2 Å². The Kier molecular flexibility index (Phi) is 11.4. The molecule has 1 unspecified atom stereocenters. The highest BCUT2D eigenvalue weighted by Gasteiger charge is 2.39. The Morgan fingerprint density at radius 3 is 2.48 bits per heavy atom. The second-order valence-corrected chi connectivity index (χ2v) is 14.8. The summed E-state index contributed by atoms with van der Waals surface area (Å²) >= 11 is 0. The van der Waals surface area contributed by atoms with Gasteiger partial charge in [0, 0.05) is 59.8 Å². The number of urea groups is 1. The summed E-state index contributed by atoms with van der Waals surface area (Å²) in [5, 5.41) is 15.1. The molecule has 56 heavy (non-hydrogen) atoms. The van der Waals surface area contributed by atoms with E-state index in [2.05, 4.69) is 51.9 Å². The zero-order valence-corrected chi connectivity index (χ0v) is 31.7. The second kappa shape index (κ2) is 16.8. The van der Waals surface area contributed by atoms with Crippen LogP contribution in [0, 0.1) is 0 Å². The molecule has 5 aromatic rings. The number of H-pyrrole nitrogens is 1. The molecule has 2 aliphatic heterocycles. The molecule has 0 bridgehead atoms. The van der Waals surface area contributed by atoms with E-state index >= 15 is 0 Å². The van der Waals surface area contributed by atoms with E-state index < -0.39 is 11.9 Å². The minimum Gasteiger partial charge on any atom is -0.491 e. The summed E-state index contributed by atoms with van der Waals surface area (Å²) < 4.78 is 19.4. The van der Waals surface area contributed by atoms with Gasteiger partial charge in [-0.1, -0.05) is 32.9 Å². The van der Waals surface area contributed by atoms with Crippen molar-refractivity contribution in [1.29, 1.82) is 0 Å². The molecule has 1 saturated heterocycles. The molecule has 7 rings (SSSR count). The molecule has 1 atom stereocenters. The number of aromatic nitrogens is 4. The van der Waals surface area contributed by atoms with E-state index in [1.54, 1.807) is 17.3 Å². The van der Waals surface area contributed by atoms with Gasteiger partial charge in [0.15, 0.2) is 5.82 Å². The third-order valence-electron chi connectivity index (χ3n) is 9.83. The Hall–Kier alpha value is -6.06. The molecule has 292 valence electrons. The van der Waals surface area contributed by atoms with Crippen molar-refractivity contribution in [2.75, 3.05) is 43.7 Å². The molecule has 5 amide bonds. The number of hydrogen-bond acceptors (Lipinski definition) is 9. The number of imide groups is 1. The SMILES string of the molecule is CC(C)(C)c1cc(NC(=O)Nc2ccc(-n3cnc4cc(OCCOCCOCCCc5cccc6c5CN(C5CCC(=O)NC5=O)C6=O)ccc43)cc2)n[nH]1. The number of carbonyl (C=O) groups excluding carboxylic acids is 4. The minimum atomic E-state index is -0.622. The smallest absolute Gasteiger partial charge is 0.324 e. The first-order chi connectivity index (χ1) is 27.0. The van der Waals surface area contributed by atoms with E-state index in [0.29, 0.717) is 68.8 Å². The number of fused-ring (bicyclic) bond motifs is 2. The van der Waals surface area contributed by atoms with Crippen LogP contribution in [0.5, 0.6) is 5.75 Å². The van der Waals surface area contributed by atoms with Crippen molar-refractivity contribution in [3.63, 3.8) is 0 Å². The first-order valence-electron chi connectivity index (χ1n) is 18.8. The summed E-state index contributed by atoms with van der Waals surface area (Å²) in [6.45, 7) is 8.78. The van der Waals surface area contributed by atoms with Crippen LogP contribution in [0.15, 0.2) is 73.1 Å². The number of benzene rings is 3. The number of imidazole rings is 1. The summed E-state index contributed by atoms with van der Waals surface area (Å²) in [5.74, 6) is 0.279. The van der Waals surface area contributed by atoms with Crippen molar-refractivity contribution < 1.29 is 33.4 Å². The van der Waals surface area contributed by atoms with E-state index in [1.165, 1.54) is 0 Å². The Morgan fingerprint density at radius 1 is 0.929 bits per heavy atom. The van der Waals surface area contributed by atoms with Crippen LogP contribution >= 0.6 is 0 Å². The summed E-state index contributed by atoms with van der Waals surface area (Å²) in [6, 6.07) is 19.7. The van der Waals surface area contributed by atoms with Crippen LogP contribution in [-0.4, -0.2) is 87.5 Å². The highest BCUT2D eigenvalue weighted by Crippen LogP contribution is 2.31. The largest absolute Gasteiger partial charge is 0.491 e. The zero-order valence-electron chi connectivity index (χ0n) is 31.7. The fourth-order valence-corrected chi connectivity index (χ4v) is 6.83. The molecular formula is C41H46N8O7. The van der Waals surface area contributed by atoms with Crippen LogP contribution < -0.4 is 20.7 Å². The summed E-state index contributed by atoms with van der Waals surface area (Å²) in [7, 11) is 0. The Balaban J connectivity index is 0.787. The standard InChI is InChI=1S/C41H46N8O7/c1-41(2,3)35-23-36(47-46-35)44-40(53)43-27-9-11-28(12-10-27)49-25-42-32-22-29(13-14-33(32)49)56-21-20-55-19-18-54-17-5-7-26-6-4-8-30-31(26)24-48(39(30)52)34-15-16-37(50)45-38(34)51/h4,6,8-14,22-23,25,34H,5,7,15-21,24H2,1-3H3,(H,45,50,51)(H3,43,44,46,47,53). The monoisotopic (exact) mass is 762 g/mol. The lowest BCUT2D eigenvalue weighted by molar-refractivity contribution is -0.136. The quantitative estimate of drug-likeness (QED) is 0.0792. The van der Waals surface area contributed by atoms with Gasteiger partial charge in [-0.15, -0.1) is 0 Å². The van der Waals surface area contributed by atoms with Crippen molar-refractivity contribution in [2.24, 2.45) is 0 Å². The van der Waals surface area contributed by atoms with E-state index in [9.17, 15) is 19.2 Å². The number of nitrogens with one attached hydrogen (secondary N) is 4. The number of ether oxygens (including phenoxy) is 3. The molecular weight excluding hydrogens is 716 g/mol. The Labute approximate surface area is 324 Å². The lowest BCUT2D eigenvalue weighted by Crippen LogP contribution is -2.52. The lowest BCUT2D eigenvalue weighted by Gasteiger charge is -2.29. The molecule has 1 fully saturated rings. The van der Waals surface area contributed by atoms with E-state index in [-0.39, 0.29) is 29.7 Å². The average molecular weight is 763 g/mol. The average Bonchev–Trinajstić information content (AvgIpc) is 3.90. The second-order valence-electron chi connectivity index (χ2n) is 14.8. The number of aromatic amines is 1. The predicted octanol–water partition coefficient (Wildman–Crippen LogP) is 5.50. The number of aryl methyl sites for hydroxylation is 1. The van der Waals surface area contributed by atoms with Gasteiger partial charge in [-0.3, -0.25) is 34.7 Å². The highest BCUT2D eigenvalue weighted by molar-refractivity contribution is 6.05. The number of rotatable bonds is 15. The van der Waals surface area contributed by atoms with Crippen molar-refractivity contribution in [1.82, 2.24) is 30.0 Å². The number of carbonyl (C=O) groups is 4. The normalized spacial score (nSPS) is 15.6. The molecule has 15 heteroatoms. The zero-order chi connectivity index (χ0) is 39.2. The predicted molar refractivity (Wildman–Crippen MR) is 209 cm³/mol. The maximum atomic E-state index is 13.1. The van der Waals surface area contributed by atoms with Crippen LogP contribution in [-0.2, 0) is 37.4 Å². The number of piperidine rings is 1. The molecule has 4 N–H and O–H groups in total. The third-order valence-corrected chi connectivity index (χ3v) is 9.83. The van der Waals surface area contributed by atoms with Gasteiger partial charge in [0.05, 0.1) is 30.9 Å². The van der Waals surface area contributed by atoms with Gasteiger partial charge in [0.2, 0.25) is 11.8 Å². The number of anilines is 2. The first-order valence-corrected chi connectivity index (χ1v) is 18.8. The van der Waals surface area contributed by atoms with Crippen molar-refractivity contribution in [2.45, 2.75) is 64.5 Å². The van der Waals surface area contributed by atoms with E-state index in [0.717, 1.165) is 46.4 Å². The Bertz CT molecular complexity index is 2220. The van der Waals surface area contributed by atoms with Gasteiger partial charge in [-0.25, -0.2) is 9.78 Å². The van der Waals surface area contributed by atoms with Crippen LogP contribution in [0.3, 0.4) is 0 Å². The summed E-state index contributed by atoms with van der Waals surface area (Å²) in [5.41, 5.74) is 6.69. The first kappa shape index (κ1) is 38.2. The molecule has 0 spiro atoms. The molecule has 0 aliphatic carbocycles. The third kappa shape index (κ3) is 8.90. The molecule has 0 saturated carbocycles. The molecule has 4 heterocycles. The maximum absolute atomic E-state index is 13.1. The minimum absolute atomic E-state index is 0.103. The van der Waals surface area contributed by atoms with Gasteiger partial charge in [-0.05, 0) is 72.9 Å². The molecule has 15 nitrogen and oxygen atoms in total. The van der Waals surface area contributed by atoms with Gasteiger partial charge in [-0.2, -0.15) is 5.10 Å². The lowest BCUT2D eigenvalue weighted by atomic mass is 9.92. The summed E-state index contributed by atoms with van der Waals surface area (Å²) in [4.78, 5) is 55.7. The number of amides is 5. The summed E-state index contributed by atoms with van der Waals surface area (Å²) in [6.07, 6.45) is 3.85. The molecule has 2 aromatic heterocycles. The highest BCUT2D eigenvalue weighted by atomic mass is 16.5. The van der Waals surface area contributed by atoms with Crippen LogP contribution in [0.25, 0.3) is 16.7 Å². The van der Waals surface area contributed by atoms with Gasteiger partial charge in [0.1, 0.15) is 24.7 Å². The van der Waals surface area contributed by atoms with Gasteiger partial charge >= 0.3 is 6.03 Å². The molecule has 0 radical (unpaired) electrons. The van der Waals surface area contributed by atoms with Crippen LogP contribution in [0.2, 0.25) is 0 Å². The molecule has 3 aromatic carbocycles. The maximum Gasteiger partial charge on any atom is 0.324 e. The Morgan fingerprint density at radius 2 is 1.71 bits per heavy atom. The fourth-order valence-electron chi connectivity index (χ4n) is 6.83. The van der Waals surface area contributed by atoms with Crippen molar-refractivity contribution in [3.8, 4) is 11.4 Å². The van der Waals surface area contributed by atoms with E-state index in [4.69, 9.17) is 14.2 Å². The van der Waals surface area contributed by atoms with E-state index in [1.807, 2.05) is 65.2 Å². The van der Waals surface area contributed by atoms with Gasteiger partial charge in [0.25, 0.3) is 5.91 Å². The molecule has 2 aliphatic rings. The van der Waals surface area contributed by atoms with Gasteiger partial charge < -0.3 is 24.4 Å². The topological polar surface area (TPSA) is 182 Å². The van der Waals surface area contributed by atoms with Crippen molar-refractivity contribution in [3.05, 3.63) is 95.4 Å². The number of hydrogen-bond donors (Lipinski definition) is 4.